The van der Waals surface area contributed by atoms with Crippen LogP contribution in [0.1, 0.15) is 45.9 Å². The minimum absolute atomic E-state index is 0.00495. The molecule has 200 valence electrons. The topological polar surface area (TPSA) is 106 Å². The second-order valence-corrected chi connectivity index (χ2v) is 10.2. The van der Waals surface area contributed by atoms with Gasteiger partial charge < -0.3 is 14.2 Å². The number of imide groups is 1. The van der Waals surface area contributed by atoms with Crippen LogP contribution in [-0.2, 0) is 16.0 Å². The Labute approximate surface area is 228 Å². The van der Waals surface area contributed by atoms with Crippen molar-refractivity contribution in [1.29, 1.82) is 0 Å². The number of amides is 3. The predicted octanol–water partition coefficient (Wildman–Crippen LogP) is 3.55. The molecule has 0 saturated carbocycles. The summed E-state index contributed by atoms with van der Waals surface area (Å²) in [5.74, 6) is -1.60. The number of para-hydroxylation sites is 1. The number of carbonyl (C=O) groups is 3. The van der Waals surface area contributed by atoms with Crippen molar-refractivity contribution in [2.75, 3.05) is 19.7 Å². The van der Waals surface area contributed by atoms with Gasteiger partial charge in [-0.2, -0.15) is 0 Å². The van der Waals surface area contributed by atoms with Crippen LogP contribution < -0.4 is 10.1 Å². The third kappa shape index (κ3) is 3.78. The lowest BCUT2D eigenvalue weighted by molar-refractivity contribution is -0.122. The number of rotatable bonds is 4. The molecule has 0 atom stereocenters. The van der Waals surface area contributed by atoms with E-state index in [2.05, 4.69) is 19.9 Å². The lowest BCUT2D eigenvalue weighted by Gasteiger charge is -2.33. The highest BCUT2D eigenvalue weighted by Crippen LogP contribution is 2.43. The van der Waals surface area contributed by atoms with E-state index in [-0.39, 0.29) is 28.7 Å². The number of aromatic nitrogens is 3. The van der Waals surface area contributed by atoms with Crippen LogP contribution in [0.15, 0.2) is 61.3 Å². The standard InChI is InChI=1S/C30H24FN5O4/c31-22-6-5-17-9-12-40-27(17)25(22)26-24(28(37)34-29(26)38)21-15-36(23-4-2-1-3-20(21)23)19-7-10-35(11-8-19)30(39)18-13-32-16-33-14-18/h1-6,13-16,19H,7-12H2,(H,34,37,38). The van der Waals surface area contributed by atoms with Crippen LogP contribution in [-0.4, -0.2) is 56.9 Å². The monoisotopic (exact) mass is 537 g/mol. The number of carbonyl (C=O) groups excluding carboxylic acids is 3. The molecule has 0 spiro atoms. The highest BCUT2D eigenvalue weighted by Gasteiger charge is 2.38. The molecule has 5 heterocycles. The second kappa shape index (κ2) is 9.41. The maximum atomic E-state index is 15.3. The maximum Gasteiger partial charge on any atom is 0.259 e. The fourth-order valence-corrected chi connectivity index (χ4v) is 6.06. The summed E-state index contributed by atoms with van der Waals surface area (Å²) >= 11 is 0. The molecule has 0 radical (unpaired) electrons. The molecular weight excluding hydrogens is 513 g/mol. The molecule has 10 heteroatoms. The van der Waals surface area contributed by atoms with Crippen molar-refractivity contribution in [2.45, 2.75) is 25.3 Å². The maximum absolute atomic E-state index is 15.3. The van der Waals surface area contributed by atoms with Gasteiger partial charge in [0.2, 0.25) is 0 Å². The van der Waals surface area contributed by atoms with Crippen LogP contribution in [0.2, 0.25) is 0 Å². The molecule has 3 aliphatic rings. The lowest BCUT2D eigenvalue weighted by atomic mass is 9.93. The van der Waals surface area contributed by atoms with Gasteiger partial charge in [0.25, 0.3) is 17.7 Å². The molecule has 1 N–H and O–H groups in total. The summed E-state index contributed by atoms with van der Waals surface area (Å²) in [6, 6.07) is 10.7. The Morgan fingerprint density at radius 3 is 2.55 bits per heavy atom. The number of hydrogen-bond donors (Lipinski definition) is 1. The number of ether oxygens (including phenoxy) is 1. The first kappa shape index (κ1) is 24.2. The summed E-state index contributed by atoms with van der Waals surface area (Å²) in [4.78, 5) is 48.9. The van der Waals surface area contributed by atoms with Crippen molar-refractivity contribution < 1.29 is 23.5 Å². The predicted molar refractivity (Wildman–Crippen MR) is 144 cm³/mol. The molecule has 9 nitrogen and oxygen atoms in total. The number of benzene rings is 2. The van der Waals surface area contributed by atoms with Gasteiger partial charge in [0.1, 0.15) is 17.9 Å². The Morgan fingerprint density at radius 2 is 1.75 bits per heavy atom. The fourth-order valence-electron chi connectivity index (χ4n) is 6.06. The van der Waals surface area contributed by atoms with Crippen molar-refractivity contribution in [3.8, 4) is 5.75 Å². The van der Waals surface area contributed by atoms with Crippen molar-refractivity contribution in [3.05, 3.63) is 89.4 Å². The van der Waals surface area contributed by atoms with Gasteiger partial charge in [-0.25, -0.2) is 14.4 Å². The van der Waals surface area contributed by atoms with Crippen LogP contribution in [0.3, 0.4) is 0 Å². The SMILES string of the molecule is O=C1NC(=O)C(c2cn(C3CCN(C(=O)c4cncnc4)CC3)c3ccccc23)=C1c1c(F)ccc2c1OCC2. The zero-order valence-electron chi connectivity index (χ0n) is 21.4. The summed E-state index contributed by atoms with van der Waals surface area (Å²) in [5, 5.41) is 3.17. The smallest absolute Gasteiger partial charge is 0.259 e. The first-order valence-electron chi connectivity index (χ1n) is 13.2. The normalized spacial score (nSPS) is 17.4. The van der Waals surface area contributed by atoms with Gasteiger partial charge in [0, 0.05) is 60.6 Å². The molecule has 7 rings (SSSR count). The number of nitrogens with zero attached hydrogens (tertiary/aromatic N) is 4. The van der Waals surface area contributed by atoms with Crippen molar-refractivity contribution in [3.63, 3.8) is 0 Å². The molecule has 2 aromatic heterocycles. The van der Waals surface area contributed by atoms with E-state index in [4.69, 9.17) is 4.74 Å². The van der Waals surface area contributed by atoms with E-state index in [1.807, 2.05) is 30.5 Å². The van der Waals surface area contributed by atoms with Gasteiger partial charge in [0.15, 0.2) is 0 Å². The molecule has 2 aromatic carbocycles. The molecule has 0 aliphatic carbocycles. The summed E-state index contributed by atoms with van der Waals surface area (Å²) in [5.41, 5.74) is 2.88. The second-order valence-electron chi connectivity index (χ2n) is 10.2. The molecule has 0 unspecified atom stereocenters. The minimum Gasteiger partial charge on any atom is -0.492 e. The Bertz CT molecular complexity index is 1740. The van der Waals surface area contributed by atoms with Gasteiger partial charge in [-0.1, -0.05) is 24.3 Å². The highest BCUT2D eigenvalue weighted by atomic mass is 19.1. The van der Waals surface area contributed by atoms with Crippen LogP contribution >= 0.6 is 0 Å². The quantitative estimate of drug-likeness (QED) is 0.399. The van der Waals surface area contributed by atoms with Gasteiger partial charge in [-0.15, -0.1) is 0 Å². The fraction of sp³-hybridized carbons (Fsp3) is 0.233. The molecular formula is C30H24FN5O4. The highest BCUT2D eigenvalue weighted by molar-refractivity contribution is 6.50. The molecule has 0 bridgehead atoms. The Balaban J connectivity index is 1.29. The average molecular weight is 538 g/mol. The summed E-state index contributed by atoms with van der Waals surface area (Å²) in [6.07, 6.45) is 8.31. The Hall–Kier alpha value is -4.86. The van der Waals surface area contributed by atoms with E-state index in [0.717, 1.165) is 16.5 Å². The number of likely N-dealkylation sites (tertiary alicyclic amines) is 1. The number of nitrogens with one attached hydrogen (secondary N) is 1. The lowest BCUT2D eigenvalue weighted by Crippen LogP contribution is -2.39. The van der Waals surface area contributed by atoms with E-state index in [9.17, 15) is 14.4 Å². The molecule has 3 amide bonds. The number of hydrogen-bond acceptors (Lipinski definition) is 6. The minimum atomic E-state index is -0.642. The first-order chi connectivity index (χ1) is 19.5. The van der Waals surface area contributed by atoms with E-state index in [1.165, 1.54) is 24.8 Å². The third-order valence-electron chi connectivity index (χ3n) is 7.95. The van der Waals surface area contributed by atoms with Crippen LogP contribution in [0.5, 0.6) is 5.75 Å². The zero-order valence-corrected chi connectivity index (χ0v) is 21.4. The van der Waals surface area contributed by atoms with Crippen LogP contribution in [0.4, 0.5) is 4.39 Å². The largest absolute Gasteiger partial charge is 0.492 e. The first-order valence-corrected chi connectivity index (χ1v) is 13.2. The van der Waals surface area contributed by atoms with E-state index >= 15 is 4.39 Å². The van der Waals surface area contributed by atoms with Crippen LogP contribution in [0, 0.1) is 5.82 Å². The Morgan fingerprint density at radius 1 is 1.00 bits per heavy atom. The molecule has 40 heavy (non-hydrogen) atoms. The van der Waals surface area contributed by atoms with Gasteiger partial charge in [0.05, 0.1) is 28.9 Å². The molecule has 1 saturated heterocycles. The number of piperidine rings is 1. The van der Waals surface area contributed by atoms with Gasteiger partial charge >= 0.3 is 0 Å². The van der Waals surface area contributed by atoms with Gasteiger partial charge in [-0.05, 0) is 30.5 Å². The van der Waals surface area contributed by atoms with Crippen molar-refractivity contribution >= 4 is 39.8 Å². The van der Waals surface area contributed by atoms with E-state index in [0.29, 0.717) is 55.8 Å². The van der Waals surface area contributed by atoms with Gasteiger partial charge in [-0.3, -0.25) is 19.7 Å². The average Bonchev–Trinajstić information content (AvgIpc) is 3.68. The van der Waals surface area contributed by atoms with Crippen molar-refractivity contribution in [2.24, 2.45) is 0 Å². The molecule has 4 aromatic rings. The molecule has 3 aliphatic heterocycles. The number of fused-ring (bicyclic) bond motifs is 2. The number of halogens is 1. The zero-order chi connectivity index (χ0) is 27.4. The summed E-state index contributed by atoms with van der Waals surface area (Å²) in [6.45, 7) is 1.49. The van der Waals surface area contributed by atoms with E-state index in [1.54, 1.807) is 11.0 Å². The van der Waals surface area contributed by atoms with E-state index < -0.39 is 17.6 Å². The third-order valence-corrected chi connectivity index (χ3v) is 7.95. The summed E-state index contributed by atoms with van der Waals surface area (Å²) in [7, 11) is 0. The van der Waals surface area contributed by atoms with Crippen molar-refractivity contribution in [1.82, 2.24) is 24.8 Å². The Kier molecular flexibility index (Phi) is 5.69. The summed E-state index contributed by atoms with van der Waals surface area (Å²) < 4.78 is 23.1. The van der Waals surface area contributed by atoms with Crippen LogP contribution in [0.25, 0.3) is 22.0 Å². The molecule has 1 fully saturated rings.